The maximum atomic E-state index is 13.6. The van der Waals surface area contributed by atoms with E-state index in [1.165, 1.54) is 24.7 Å². The molecule has 0 radical (unpaired) electrons. The Hall–Kier alpha value is -5.37. The van der Waals surface area contributed by atoms with Crippen molar-refractivity contribution in [2.75, 3.05) is 55.8 Å². The molecule has 1 aromatic carbocycles. The summed E-state index contributed by atoms with van der Waals surface area (Å²) in [5.41, 5.74) is 6.17. The SMILES string of the molecule is CCOC(=O)[C@H](C)OC(=O)c1cn(-c2ccc(N3CCN(C)CC3)c(NC(=O)c3c(N)nc(C#N)c(C)c3OC(F)F)c2)nn1. The predicted molar refractivity (Wildman–Crippen MR) is 155 cm³/mol. The number of carbonyl (C=O) groups is 3. The highest BCUT2D eigenvalue weighted by atomic mass is 19.3. The van der Waals surface area contributed by atoms with E-state index < -0.39 is 47.7 Å². The van der Waals surface area contributed by atoms with Gasteiger partial charge < -0.3 is 35.1 Å². The van der Waals surface area contributed by atoms with Crippen LogP contribution in [-0.2, 0) is 14.3 Å². The van der Waals surface area contributed by atoms with E-state index in [0.29, 0.717) is 24.5 Å². The Morgan fingerprint density at radius 3 is 2.56 bits per heavy atom. The summed E-state index contributed by atoms with van der Waals surface area (Å²) in [6.45, 7) is 3.84. The minimum atomic E-state index is -3.30. The second-order valence-electron chi connectivity index (χ2n) is 9.96. The zero-order chi connectivity index (χ0) is 32.8. The molecule has 3 N–H and O–H groups in total. The van der Waals surface area contributed by atoms with E-state index in [9.17, 15) is 28.4 Å². The molecule has 3 heterocycles. The third kappa shape index (κ3) is 7.41. The number of alkyl halides is 2. The number of carbonyl (C=O) groups excluding carboxylic acids is 3. The fourth-order valence-electron chi connectivity index (χ4n) is 4.52. The number of ether oxygens (including phenoxy) is 3. The highest BCUT2D eigenvalue weighted by Crippen LogP contribution is 2.34. The van der Waals surface area contributed by atoms with E-state index in [2.05, 4.69) is 30.2 Å². The molecule has 2 aromatic heterocycles. The molecule has 0 unspecified atom stereocenters. The number of halogens is 2. The van der Waals surface area contributed by atoms with E-state index >= 15 is 0 Å². The molecule has 45 heavy (non-hydrogen) atoms. The first-order chi connectivity index (χ1) is 21.4. The topological polar surface area (TPSA) is 191 Å². The van der Waals surface area contributed by atoms with Gasteiger partial charge in [0.2, 0.25) is 0 Å². The normalized spacial score (nSPS) is 14.0. The minimum absolute atomic E-state index is 0.0792. The number of piperazine rings is 1. The number of hydrogen-bond acceptors (Lipinski definition) is 13. The summed E-state index contributed by atoms with van der Waals surface area (Å²) in [6.07, 6.45) is 0.107. The second-order valence-corrected chi connectivity index (χ2v) is 9.96. The highest BCUT2D eigenvalue weighted by Gasteiger charge is 2.27. The molecule has 0 aliphatic carbocycles. The van der Waals surface area contributed by atoms with Crippen LogP contribution < -0.4 is 20.7 Å². The molecule has 1 saturated heterocycles. The van der Waals surface area contributed by atoms with E-state index in [1.54, 1.807) is 31.2 Å². The molecule has 1 aliphatic rings. The number of hydrogen-bond donors (Lipinski definition) is 2. The molecule has 1 aliphatic heterocycles. The average Bonchev–Trinajstić information content (AvgIpc) is 3.50. The van der Waals surface area contributed by atoms with Gasteiger partial charge in [0.05, 0.1) is 29.9 Å². The van der Waals surface area contributed by atoms with Crippen molar-refractivity contribution in [1.29, 1.82) is 5.26 Å². The summed E-state index contributed by atoms with van der Waals surface area (Å²) < 4.78 is 42.5. The lowest BCUT2D eigenvalue weighted by atomic mass is 10.1. The first kappa shape index (κ1) is 32.5. The van der Waals surface area contributed by atoms with Crippen molar-refractivity contribution in [2.24, 2.45) is 0 Å². The summed E-state index contributed by atoms with van der Waals surface area (Å²) in [5.74, 6) is -3.57. The van der Waals surface area contributed by atoms with Crippen molar-refractivity contribution in [3.63, 3.8) is 0 Å². The van der Waals surface area contributed by atoms with Crippen LogP contribution in [0.1, 0.15) is 46.0 Å². The molecule has 4 rings (SSSR count). The fraction of sp³-hybridized carbons (Fsp3) is 0.393. The Kier molecular flexibility index (Phi) is 10.1. The smallest absolute Gasteiger partial charge is 0.387 e. The van der Waals surface area contributed by atoms with Gasteiger partial charge in [-0.2, -0.15) is 14.0 Å². The number of nitrogens with one attached hydrogen (secondary N) is 1. The Morgan fingerprint density at radius 1 is 1.20 bits per heavy atom. The molecule has 15 nitrogen and oxygen atoms in total. The Labute approximate surface area is 256 Å². The summed E-state index contributed by atoms with van der Waals surface area (Å²) in [6, 6.07) is 6.70. The zero-order valence-electron chi connectivity index (χ0n) is 24.9. The van der Waals surface area contributed by atoms with Gasteiger partial charge in [-0.05, 0) is 46.0 Å². The number of esters is 2. The van der Waals surface area contributed by atoms with E-state index in [1.807, 2.05) is 11.9 Å². The van der Waals surface area contributed by atoms with Crippen molar-refractivity contribution in [1.82, 2.24) is 24.9 Å². The number of nitrogen functional groups attached to an aromatic ring is 1. The van der Waals surface area contributed by atoms with Crippen LogP contribution in [0.4, 0.5) is 26.0 Å². The van der Waals surface area contributed by atoms with Gasteiger partial charge in [-0.15, -0.1) is 5.10 Å². The van der Waals surface area contributed by atoms with Crippen molar-refractivity contribution >= 4 is 35.0 Å². The monoisotopic (exact) mass is 627 g/mol. The first-order valence-electron chi connectivity index (χ1n) is 13.8. The van der Waals surface area contributed by atoms with E-state index in [-0.39, 0.29) is 29.2 Å². The molecule has 238 valence electrons. The van der Waals surface area contributed by atoms with Crippen LogP contribution in [0.15, 0.2) is 24.4 Å². The molecule has 1 fully saturated rings. The highest BCUT2D eigenvalue weighted by molar-refractivity contribution is 6.11. The lowest BCUT2D eigenvalue weighted by Gasteiger charge is -2.35. The number of rotatable bonds is 10. The van der Waals surface area contributed by atoms with Gasteiger partial charge in [0.15, 0.2) is 11.8 Å². The molecular formula is C28H31F2N9O6. The quantitative estimate of drug-likeness (QED) is 0.311. The molecule has 1 atom stereocenters. The number of nitrogens with zero attached hydrogens (tertiary/aromatic N) is 7. The number of nitriles is 1. The fourth-order valence-corrected chi connectivity index (χ4v) is 4.52. The lowest BCUT2D eigenvalue weighted by Crippen LogP contribution is -2.44. The maximum absolute atomic E-state index is 13.6. The van der Waals surface area contributed by atoms with Crippen molar-refractivity contribution < 1.29 is 37.4 Å². The second kappa shape index (κ2) is 13.9. The number of benzene rings is 1. The number of pyridine rings is 1. The Morgan fingerprint density at radius 2 is 1.91 bits per heavy atom. The van der Waals surface area contributed by atoms with E-state index in [0.717, 1.165) is 13.1 Å². The number of nitrogens with two attached hydrogens (primary N) is 1. The molecular weight excluding hydrogens is 596 g/mol. The largest absolute Gasteiger partial charge is 0.463 e. The number of anilines is 3. The van der Waals surface area contributed by atoms with Crippen LogP contribution in [0.25, 0.3) is 5.69 Å². The minimum Gasteiger partial charge on any atom is -0.463 e. The lowest BCUT2D eigenvalue weighted by molar-refractivity contribution is -0.152. The zero-order valence-corrected chi connectivity index (χ0v) is 24.9. The van der Waals surface area contributed by atoms with Crippen LogP contribution in [-0.4, -0.2) is 95.3 Å². The molecule has 0 bridgehead atoms. The summed E-state index contributed by atoms with van der Waals surface area (Å²) in [7, 11) is 1.98. The number of amides is 1. The van der Waals surface area contributed by atoms with Gasteiger partial charge in [-0.3, -0.25) is 4.79 Å². The van der Waals surface area contributed by atoms with Gasteiger partial charge in [-0.1, -0.05) is 5.21 Å². The van der Waals surface area contributed by atoms with Gasteiger partial charge in [0.1, 0.15) is 28.9 Å². The summed E-state index contributed by atoms with van der Waals surface area (Å²) in [5, 5.41) is 19.9. The van der Waals surface area contributed by atoms with Gasteiger partial charge in [0, 0.05) is 31.7 Å². The number of likely N-dealkylation sites (N-methyl/N-ethyl adjacent to an activating group) is 1. The molecule has 0 spiro atoms. The molecule has 17 heteroatoms. The molecule has 3 aromatic rings. The van der Waals surface area contributed by atoms with Crippen LogP contribution in [0.2, 0.25) is 0 Å². The van der Waals surface area contributed by atoms with Crippen LogP contribution >= 0.6 is 0 Å². The van der Waals surface area contributed by atoms with Crippen molar-refractivity contribution in [3.8, 4) is 17.5 Å². The van der Waals surface area contributed by atoms with Gasteiger partial charge in [0.25, 0.3) is 5.91 Å². The Balaban J connectivity index is 1.70. The predicted octanol–water partition coefficient (Wildman–Crippen LogP) is 2.14. The third-order valence-corrected chi connectivity index (χ3v) is 6.89. The van der Waals surface area contributed by atoms with Crippen LogP contribution in [0, 0.1) is 18.3 Å². The van der Waals surface area contributed by atoms with Crippen LogP contribution in [0.3, 0.4) is 0 Å². The van der Waals surface area contributed by atoms with Crippen molar-refractivity contribution in [3.05, 3.63) is 46.9 Å². The van der Waals surface area contributed by atoms with Gasteiger partial charge in [-0.25, -0.2) is 19.3 Å². The van der Waals surface area contributed by atoms with Crippen LogP contribution in [0.5, 0.6) is 5.75 Å². The first-order valence-corrected chi connectivity index (χ1v) is 13.8. The van der Waals surface area contributed by atoms with E-state index in [4.69, 9.17) is 15.2 Å². The maximum Gasteiger partial charge on any atom is 0.387 e. The summed E-state index contributed by atoms with van der Waals surface area (Å²) >= 11 is 0. The molecule has 1 amide bonds. The Bertz CT molecular complexity index is 1630. The standard InChI is InChI=1S/C28H31F2N9O6/c1-5-43-26(41)16(3)44-27(42)20-14-39(36-35-20)17-6-7-21(38-10-8-37(4)9-11-38)18(12-17)34-25(40)22-23(45-28(29)30)15(2)19(13-31)33-24(22)32/h6-7,12,14,16,28H,5,8-11H2,1-4H3,(H2,32,33)(H,34,40)/t16-/m0/s1. The summed E-state index contributed by atoms with van der Waals surface area (Å²) in [4.78, 5) is 46.1. The third-order valence-electron chi connectivity index (χ3n) is 6.89. The van der Waals surface area contributed by atoms with Gasteiger partial charge >= 0.3 is 18.6 Å². The molecule has 0 saturated carbocycles. The number of aromatic nitrogens is 4. The van der Waals surface area contributed by atoms with Crippen molar-refractivity contribution in [2.45, 2.75) is 33.5 Å². The average molecular weight is 628 g/mol.